The Balaban J connectivity index is 1.67. The third-order valence-corrected chi connectivity index (χ3v) is 6.20. The molecule has 0 aromatic carbocycles. The number of morpholine rings is 1. The van der Waals surface area contributed by atoms with Gasteiger partial charge in [-0.25, -0.2) is 0 Å². The molecular weight excluding hydrogens is 260 g/mol. The molecule has 0 radical (unpaired) electrons. The van der Waals surface area contributed by atoms with E-state index in [1.54, 1.807) is 0 Å². The van der Waals surface area contributed by atoms with Crippen LogP contribution in [0.3, 0.4) is 0 Å². The van der Waals surface area contributed by atoms with Gasteiger partial charge < -0.3 is 10.1 Å². The number of hydrogen-bond acceptors (Lipinski definition) is 3. The van der Waals surface area contributed by atoms with Crippen molar-refractivity contribution in [2.24, 2.45) is 11.3 Å². The highest BCUT2D eigenvalue weighted by atomic mass is 16.5. The van der Waals surface area contributed by atoms with Crippen molar-refractivity contribution in [1.82, 2.24) is 10.2 Å². The number of fused-ring (bicyclic) bond motifs is 1. The lowest BCUT2D eigenvalue weighted by Gasteiger charge is -2.48. The Bertz CT molecular complexity index is 344. The second-order valence-corrected chi connectivity index (χ2v) is 8.08. The largest absolute Gasteiger partial charge is 0.375 e. The zero-order valence-corrected chi connectivity index (χ0v) is 14.2. The first-order chi connectivity index (χ1) is 10.1. The molecule has 4 unspecified atom stereocenters. The summed E-state index contributed by atoms with van der Waals surface area (Å²) in [6.07, 6.45) is 8.71. The van der Waals surface area contributed by atoms with E-state index in [9.17, 15) is 0 Å². The van der Waals surface area contributed by atoms with E-state index in [0.29, 0.717) is 23.6 Å². The first kappa shape index (κ1) is 15.8. The summed E-state index contributed by atoms with van der Waals surface area (Å²) in [5.41, 5.74) is 0.445. The molecule has 3 aliphatic rings. The van der Waals surface area contributed by atoms with Crippen LogP contribution in [0.4, 0.5) is 0 Å². The summed E-state index contributed by atoms with van der Waals surface area (Å²) in [6, 6.07) is 1.39. The maximum Gasteiger partial charge on any atom is 0.0730 e. The molecule has 0 amide bonds. The summed E-state index contributed by atoms with van der Waals surface area (Å²) in [6.45, 7) is 11.7. The minimum Gasteiger partial charge on any atom is -0.375 e. The SMILES string of the molecule is CCNC1C(CN2CCOC3CCCC32)CCCC1(C)C. The second-order valence-electron chi connectivity index (χ2n) is 8.08. The van der Waals surface area contributed by atoms with Crippen LogP contribution in [0.25, 0.3) is 0 Å². The Morgan fingerprint density at radius 3 is 2.86 bits per heavy atom. The molecule has 3 rings (SSSR count). The molecule has 21 heavy (non-hydrogen) atoms. The molecule has 1 aliphatic heterocycles. The van der Waals surface area contributed by atoms with Crippen molar-refractivity contribution < 1.29 is 4.74 Å². The molecule has 122 valence electrons. The van der Waals surface area contributed by atoms with Crippen LogP contribution in [0.1, 0.15) is 59.3 Å². The summed E-state index contributed by atoms with van der Waals surface area (Å²) in [4.78, 5) is 2.78. The van der Waals surface area contributed by atoms with E-state index < -0.39 is 0 Å². The van der Waals surface area contributed by atoms with Crippen LogP contribution in [0, 0.1) is 11.3 Å². The van der Waals surface area contributed by atoms with E-state index in [-0.39, 0.29) is 0 Å². The molecule has 1 heterocycles. The first-order valence-corrected chi connectivity index (χ1v) is 9.21. The quantitative estimate of drug-likeness (QED) is 0.862. The van der Waals surface area contributed by atoms with Gasteiger partial charge in [-0.2, -0.15) is 0 Å². The highest BCUT2D eigenvalue weighted by molar-refractivity contribution is 4.97. The Morgan fingerprint density at radius 1 is 1.19 bits per heavy atom. The summed E-state index contributed by atoms with van der Waals surface area (Å²) in [5, 5.41) is 3.82. The van der Waals surface area contributed by atoms with Gasteiger partial charge in [-0.05, 0) is 50.0 Å². The minimum atomic E-state index is 0.445. The van der Waals surface area contributed by atoms with Crippen LogP contribution in [0.2, 0.25) is 0 Å². The van der Waals surface area contributed by atoms with Gasteiger partial charge in [-0.3, -0.25) is 4.90 Å². The fraction of sp³-hybridized carbons (Fsp3) is 1.00. The van der Waals surface area contributed by atoms with Crippen LogP contribution in [0.15, 0.2) is 0 Å². The van der Waals surface area contributed by atoms with Crippen LogP contribution >= 0.6 is 0 Å². The Kier molecular flexibility index (Phi) is 4.92. The molecule has 1 saturated heterocycles. The van der Waals surface area contributed by atoms with E-state index >= 15 is 0 Å². The zero-order chi connectivity index (χ0) is 14.9. The molecular formula is C18H34N2O. The lowest BCUT2D eigenvalue weighted by atomic mass is 9.67. The van der Waals surface area contributed by atoms with Gasteiger partial charge in [0.2, 0.25) is 0 Å². The molecule has 0 aromatic heterocycles. The minimum absolute atomic E-state index is 0.445. The topological polar surface area (TPSA) is 24.5 Å². The first-order valence-electron chi connectivity index (χ1n) is 9.21. The molecule has 3 fully saturated rings. The van der Waals surface area contributed by atoms with Crippen molar-refractivity contribution in [3.05, 3.63) is 0 Å². The van der Waals surface area contributed by atoms with Gasteiger partial charge in [0, 0.05) is 25.2 Å². The highest BCUT2D eigenvalue weighted by Gasteiger charge is 2.42. The monoisotopic (exact) mass is 294 g/mol. The second kappa shape index (κ2) is 6.55. The van der Waals surface area contributed by atoms with E-state index in [0.717, 1.165) is 25.6 Å². The summed E-state index contributed by atoms with van der Waals surface area (Å²) >= 11 is 0. The summed E-state index contributed by atoms with van der Waals surface area (Å²) in [5.74, 6) is 0.813. The summed E-state index contributed by atoms with van der Waals surface area (Å²) in [7, 11) is 0. The fourth-order valence-electron chi connectivity index (χ4n) is 5.17. The number of nitrogens with zero attached hydrogens (tertiary/aromatic N) is 1. The number of hydrogen-bond donors (Lipinski definition) is 1. The Morgan fingerprint density at radius 2 is 2.05 bits per heavy atom. The predicted octanol–water partition coefficient (Wildman–Crippen LogP) is 3.04. The third kappa shape index (κ3) is 3.30. The molecule has 3 heteroatoms. The Hall–Kier alpha value is -0.120. The van der Waals surface area contributed by atoms with Gasteiger partial charge in [0.1, 0.15) is 0 Å². The van der Waals surface area contributed by atoms with Gasteiger partial charge in [0.05, 0.1) is 12.7 Å². The van der Waals surface area contributed by atoms with Gasteiger partial charge >= 0.3 is 0 Å². The maximum absolute atomic E-state index is 5.98. The van der Waals surface area contributed by atoms with Crippen LogP contribution in [0.5, 0.6) is 0 Å². The molecule has 2 aliphatic carbocycles. The molecule has 4 atom stereocenters. The van der Waals surface area contributed by atoms with Crippen molar-refractivity contribution >= 4 is 0 Å². The fourth-order valence-corrected chi connectivity index (χ4v) is 5.17. The van der Waals surface area contributed by atoms with E-state index in [1.807, 2.05) is 0 Å². The highest BCUT2D eigenvalue weighted by Crippen LogP contribution is 2.40. The molecule has 3 nitrogen and oxygen atoms in total. The number of nitrogens with one attached hydrogen (secondary N) is 1. The van der Waals surface area contributed by atoms with E-state index in [2.05, 4.69) is 31.0 Å². The predicted molar refractivity (Wildman–Crippen MR) is 87.5 cm³/mol. The standard InChI is InChI=1S/C18H34N2O/c1-4-19-17-14(7-6-10-18(17,2)3)13-20-11-12-21-16-9-5-8-15(16)20/h14-17,19H,4-13H2,1-3H3. The maximum atomic E-state index is 5.98. The average Bonchev–Trinajstić information content (AvgIpc) is 2.92. The van der Waals surface area contributed by atoms with E-state index in [4.69, 9.17) is 4.74 Å². The van der Waals surface area contributed by atoms with Crippen molar-refractivity contribution in [3.63, 3.8) is 0 Å². The molecule has 0 bridgehead atoms. The average molecular weight is 294 g/mol. The van der Waals surface area contributed by atoms with Crippen LogP contribution in [-0.4, -0.2) is 49.3 Å². The van der Waals surface area contributed by atoms with Gasteiger partial charge in [0.15, 0.2) is 0 Å². The van der Waals surface area contributed by atoms with Gasteiger partial charge in [0.25, 0.3) is 0 Å². The lowest BCUT2D eigenvalue weighted by Crippen LogP contribution is -2.56. The number of ether oxygens (including phenoxy) is 1. The van der Waals surface area contributed by atoms with E-state index in [1.165, 1.54) is 45.1 Å². The Labute approximate surface area is 130 Å². The van der Waals surface area contributed by atoms with Crippen molar-refractivity contribution in [2.75, 3.05) is 26.2 Å². The van der Waals surface area contributed by atoms with Gasteiger partial charge in [-0.15, -0.1) is 0 Å². The van der Waals surface area contributed by atoms with Crippen molar-refractivity contribution in [2.45, 2.75) is 77.5 Å². The van der Waals surface area contributed by atoms with Crippen molar-refractivity contribution in [1.29, 1.82) is 0 Å². The van der Waals surface area contributed by atoms with Crippen LogP contribution < -0.4 is 5.32 Å². The smallest absolute Gasteiger partial charge is 0.0730 e. The summed E-state index contributed by atoms with van der Waals surface area (Å²) < 4.78 is 5.98. The molecule has 0 spiro atoms. The molecule has 1 N–H and O–H groups in total. The molecule has 0 aromatic rings. The lowest BCUT2D eigenvalue weighted by molar-refractivity contribution is -0.0668. The zero-order valence-electron chi connectivity index (χ0n) is 14.2. The third-order valence-electron chi connectivity index (χ3n) is 6.20. The number of rotatable bonds is 4. The van der Waals surface area contributed by atoms with Crippen molar-refractivity contribution in [3.8, 4) is 0 Å². The molecule has 2 saturated carbocycles. The normalized spacial score (nSPS) is 40.1. The van der Waals surface area contributed by atoms with Gasteiger partial charge in [-0.1, -0.05) is 27.2 Å². The van der Waals surface area contributed by atoms with Crippen LogP contribution in [-0.2, 0) is 4.74 Å².